The number of unbranched alkanes of at least 4 members (excludes halogenated alkanes) is 4. The summed E-state index contributed by atoms with van der Waals surface area (Å²) < 4.78 is 0. The molecular formula is C20H35N. The van der Waals surface area contributed by atoms with Gasteiger partial charge in [-0.3, -0.25) is 0 Å². The summed E-state index contributed by atoms with van der Waals surface area (Å²) in [5, 5.41) is 0. The fourth-order valence-electron chi connectivity index (χ4n) is 3.15. The van der Waals surface area contributed by atoms with Crippen LogP contribution in [0.25, 0.3) is 0 Å². The van der Waals surface area contributed by atoms with Crippen LogP contribution in [0.3, 0.4) is 0 Å². The minimum absolute atomic E-state index is 0.763. The Balaban J connectivity index is 2.79. The lowest BCUT2D eigenvalue weighted by Gasteiger charge is -2.22. The molecule has 1 heteroatoms. The Labute approximate surface area is 132 Å². The summed E-state index contributed by atoms with van der Waals surface area (Å²) in [6.07, 6.45) is 10.9. The van der Waals surface area contributed by atoms with Crippen LogP contribution in [-0.2, 0) is 6.54 Å². The molecule has 0 saturated heterocycles. The maximum Gasteiger partial charge on any atom is 0.0230 e. The van der Waals surface area contributed by atoms with E-state index >= 15 is 0 Å². The van der Waals surface area contributed by atoms with Gasteiger partial charge in [0.25, 0.3) is 0 Å². The van der Waals surface area contributed by atoms with Crippen LogP contribution in [0.15, 0.2) is 24.3 Å². The second kappa shape index (κ2) is 10.8. The highest BCUT2D eigenvalue weighted by Gasteiger charge is 2.15. The summed E-state index contributed by atoms with van der Waals surface area (Å²) in [6.45, 7) is 5.66. The van der Waals surface area contributed by atoms with Gasteiger partial charge in [-0.25, -0.2) is 0 Å². The molecule has 1 nitrogen and oxygen atoms in total. The van der Waals surface area contributed by atoms with Crippen LogP contribution in [0.1, 0.15) is 82.3 Å². The van der Waals surface area contributed by atoms with Gasteiger partial charge in [0.1, 0.15) is 0 Å². The second-order valence-electron chi connectivity index (χ2n) is 6.63. The quantitative estimate of drug-likeness (QED) is 0.452. The SMILES string of the molecule is CCCCCC(CCCCC)c1ccccc1CN(C)C. The summed E-state index contributed by atoms with van der Waals surface area (Å²) >= 11 is 0. The van der Waals surface area contributed by atoms with Gasteiger partial charge >= 0.3 is 0 Å². The van der Waals surface area contributed by atoms with Crippen molar-refractivity contribution in [2.24, 2.45) is 0 Å². The highest BCUT2D eigenvalue weighted by Crippen LogP contribution is 2.31. The summed E-state index contributed by atoms with van der Waals surface area (Å²) in [7, 11) is 4.33. The molecule has 0 aromatic heterocycles. The molecule has 1 rings (SSSR count). The van der Waals surface area contributed by atoms with E-state index in [4.69, 9.17) is 0 Å². The minimum atomic E-state index is 0.763. The molecule has 1 aromatic rings. The first kappa shape index (κ1) is 18.2. The van der Waals surface area contributed by atoms with Crippen LogP contribution in [0.5, 0.6) is 0 Å². The van der Waals surface area contributed by atoms with Gasteiger partial charge in [-0.1, -0.05) is 76.6 Å². The molecule has 0 spiro atoms. The molecule has 0 aliphatic carbocycles. The lowest BCUT2D eigenvalue weighted by molar-refractivity contribution is 0.397. The van der Waals surface area contributed by atoms with Crippen LogP contribution in [0, 0.1) is 0 Å². The van der Waals surface area contributed by atoms with E-state index in [1.54, 1.807) is 5.56 Å². The van der Waals surface area contributed by atoms with E-state index in [1.165, 1.54) is 56.9 Å². The molecule has 0 unspecified atom stereocenters. The van der Waals surface area contributed by atoms with E-state index in [0.29, 0.717) is 0 Å². The van der Waals surface area contributed by atoms with E-state index in [9.17, 15) is 0 Å². The molecule has 0 N–H and O–H groups in total. The molecule has 0 saturated carbocycles. The Morgan fingerprint density at radius 2 is 1.43 bits per heavy atom. The molecule has 21 heavy (non-hydrogen) atoms. The van der Waals surface area contributed by atoms with Crippen molar-refractivity contribution in [3.05, 3.63) is 35.4 Å². The first-order chi connectivity index (χ1) is 10.2. The van der Waals surface area contributed by atoms with Gasteiger partial charge in [0, 0.05) is 6.54 Å². The van der Waals surface area contributed by atoms with E-state index in [-0.39, 0.29) is 0 Å². The monoisotopic (exact) mass is 289 g/mol. The third-order valence-electron chi connectivity index (χ3n) is 4.29. The van der Waals surface area contributed by atoms with Gasteiger partial charge in [0.05, 0.1) is 0 Å². The zero-order valence-corrected chi connectivity index (χ0v) is 14.7. The first-order valence-corrected chi connectivity index (χ1v) is 8.91. The van der Waals surface area contributed by atoms with E-state index in [0.717, 1.165) is 12.5 Å². The fourth-order valence-corrected chi connectivity index (χ4v) is 3.15. The first-order valence-electron chi connectivity index (χ1n) is 8.91. The molecule has 0 amide bonds. The van der Waals surface area contributed by atoms with Gasteiger partial charge in [0.15, 0.2) is 0 Å². The average Bonchev–Trinajstić information content (AvgIpc) is 2.46. The topological polar surface area (TPSA) is 3.24 Å². The number of hydrogen-bond donors (Lipinski definition) is 0. The third-order valence-corrected chi connectivity index (χ3v) is 4.29. The standard InChI is InChI=1S/C20H35N/c1-5-7-9-13-18(14-10-8-6-2)20-16-12-11-15-19(20)17-21(3)4/h11-12,15-16,18H,5-10,13-14,17H2,1-4H3. The summed E-state index contributed by atoms with van der Waals surface area (Å²) in [5.41, 5.74) is 3.14. The Morgan fingerprint density at radius 3 is 1.95 bits per heavy atom. The highest BCUT2D eigenvalue weighted by atomic mass is 15.0. The Bertz CT molecular complexity index is 360. The van der Waals surface area contributed by atoms with Crippen molar-refractivity contribution >= 4 is 0 Å². The Hall–Kier alpha value is -0.820. The molecular weight excluding hydrogens is 254 g/mol. The third kappa shape index (κ3) is 7.13. The molecule has 0 aliphatic rings. The summed E-state index contributed by atoms with van der Waals surface area (Å²) in [6, 6.07) is 9.11. The number of rotatable bonds is 11. The van der Waals surface area contributed by atoms with Gasteiger partial charge in [-0.2, -0.15) is 0 Å². The van der Waals surface area contributed by atoms with Crippen molar-refractivity contribution in [3.63, 3.8) is 0 Å². The van der Waals surface area contributed by atoms with Gasteiger partial charge in [-0.05, 0) is 44.0 Å². The number of nitrogens with zero attached hydrogens (tertiary/aromatic N) is 1. The molecule has 0 radical (unpaired) electrons. The van der Waals surface area contributed by atoms with Gasteiger partial charge in [0.2, 0.25) is 0 Å². The van der Waals surface area contributed by atoms with Crippen LogP contribution in [0.2, 0.25) is 0 Å². The van der Waals surface area contributed by atoms with E-state index in [2.05, 4.69) is 57.1 Å². The van der Waals surface area contributed by atoms with Crippen LogP contribution >= 0.6 is 0 Å². The van der Waals surface area contributed by atoms with Crippen LogP contribution < -0.4 is 0 Å². The minimum Gasteiger partial charge on any atom is -0.305 e. The van der Waals surface area contributed by atoms with Crippen molar-refractivity contribution < 1.29 is 0 Å². The van der Waals surface area contributed by atoms with E-state index in [1.807, 2.05) is 0 Å². The van der Waals surface area contributed by atoms with Gasteiger partial charge < -0.3 is 4.90 Å². The van der Waals surface area contributed by atoms with Crippen LogP contribution in [0.4, 0.5) is 0 Å². The van der Waals surface area contributed by atoms with Gasteiger partial charge in [-0.15, -0.1) is 0 Å². The molecule has 0 bridgehead atoms. The summed E-state index contributed by atoms with van der Waals surface area (Å²) in [5.74, 6) is 0.763. The summed E-state index contributed by atoms with van der Waals surface area (Å²) in [4.78, 5) is 2.29. The lowest BCUT2D eigenvalue weighted by atomic mass is 9.85. The maximum absolute atomic E-state index is 2.38. The Kier molecular flexibility index (Phi) is 9.41. The molecule has 120 valence electrons. The highest BCUT2D eigenvalue weighted by molar-refractivity contribution is 5.30. The average molecular weight is 290 g/mol. The fraction of sp³-hybridized carbons (Fsp3) is 0.700. The molecule has 0 aliphatic heterocycles. The smallest absolute Gasteiger partial charge is 0.0230 e. The number of benzene rings is 1. The molecule has 0 heterocycles. The second-order valence-corrected chi connectivity index (χ2v) is 6.63. The normalized spacial score (nSPS) is 11.5. The largest absolute Gasteiger partial charge is 0.305 e. The van der Waals surface area contributed by atoms with Crippen LogP contribution in [-0.4, -0.2) is 19.0 Å². The maximum atomic E-state index is 2.38. The zero-order valence-electron chi connectivity index (χ0n) is 14.7. The van der Waals surface area contributed by atoms with Crippen molar-refractivity contribution in [3.8, 4) is 0 Å². The lowest BCUT2D eigenvalue weighted by Crippen LogP contribution is -2.14. The van der Waals surface area contributed by atoms with E-state index < -0.39 is 0 Å². The number of hydrogen-bond acceptors (Lipinski definition) is 1. The molecule has 0 fully saturated rings. The van der Waals surface area contributed by atoms with Crippen molar-refractivity contribution in [2.75, 3.05) is 14.1 Å². The molecule has 1 aromatic carbocycles. The Morgan fingerprint density at radius 1 is 0.857 bits per heavy atom. The van der Waals surface area contributed by atoms with Crippen molar-refractivity contribution in [1.82, 2.24) is 4.90 Å². The zero-order chi connectivity index (χ0) is 15.5. The predicted octanol–water partition coefficient (Wildman–Crippen LogP) is 5.99. The van der Waals surface area contributed by atoms with Crippen molar-refractivity contribution in [2.45, 2.75) is 77.7 Å². The molecule has 0 atom stereocenters. The predicted molar refractivity (Wildman–Crippen MR) is 94.9 cm³/mol. The van der Waals surface area contributed by atoms with Crippen molar-refractivity contribution in [1.29, 1.82) is 0 Å².